The van der Waals surface area contributed by atoms with Gasteiger partial charge in [0.2, 0.25) is 11.9 Å². The summed E-state index contributed by atoms with van der Waals surface area (Å²) in [5.41, 5.74) is 2.88. The first-order valence-corrected chi connectivity index (χ1v) is 7.21. The van der Waals surface area contributed by atoms with Crippen LogP contribution in [0.4, 0.5) is 5.95 Å². The standard InChI is InChI=1S/C17H21N3O2/c1-11-5-6-12(2)13(9-11)17(3,4)10-15(22)20-16-18-8-7-14(21)19-16/h5-9H,10H2,1-4H3,(H2,18,19,20,21,22). The molecule has 1 heterocycles. The van der Waals surface area contributed by atoms with E-state index in [-0.39, 0.29) is 22.8 Å². The fourth-order valence-corrected chi connectivity index (χ4v) is 2.57. The molecule has 5 heteroatoms. The fourth-order valence-electron chi connectivity index (χ4n) is 2.57. The first-order valence-electron chi connectivity index (χ1n) is 7.21. The van der Waals surface area contributed by atoms with E-state index in [9.17, 15) is 9.59 Å². The number of nitrogens with zero attached hydrogens (tertiary/aromatic N) is 1. The number of rotatable bonds is 4. The first kappa shape index (κ1) is 15.9. The van der Waals surface area contributed by atoms with Crippen LogP contribution in [0.2, 0.25) is 0 Å². The predicted octanol–water partition coefficient (Wildman–Crippen LogP) is 2.69. The number of aromatic nitrogens is 2. The first-order chi connectivity index (χ1) is 10.3. The van der Waals surface area contributed by atoms with Crippen LogP contribution in [0.3, 0.4) is 0 Å². The Morgan fingerprint density at radius 2 is 2.00 bits per heavy atom. The number of amides is 1. The number of H-pyrrole nitrogens is 1. The highest BCUT2D eigenvalue weighted by atomic mass is 16.2. The summed E-state index contributed by atoms with van der Waals surface area (Å²) < 4.78 is 0. The average Bonchev–Trinajstić information content (AvgIpc) is 2.40. The van der Waals surface area contributed by atoms with Crippen LogP contribution in [0.5, 0.6) is 0 Å². The van der Waals surface area contributed by atoms with E-state index in [0.717, 1.165) is 11.1 Å². The van der Waals surface area contributed by atoms with Gasteiger partial charge in [0.25, 0.3) is 5.56 Å². The monoisotopic (exact) mass is 299 g/mol. The van der Waals surface area contributed by atoms with Crippen LogP contribution >= 0.6 is 0 Å². The SMILES string of the molecule is Cc1ccc(C)c(C(C)(C)CC(=O)Nc2nccc(=O)[nH]2)c1. The quantitative estimate of drug-likeness (QED) is 0.911. The van der Waals surface area contributed by atoms with Gasteiger partial charge in [0.15, 0.2) is 0 Å². The van der Waals surface area contributed by atoms with Crippen LogP contribution in [-0.4, -0.2) is 15.9 Å². The number of nitrogens with one attached hydrogen (secondary N) is 2. The van der Waals surface area contributed by atoms with E-state index < -0.39 is 0 Å². The highest BCUT2D eigenvalue weighted by molar-refractivity contribution is 5.89. The molecule has 2 rings (SSSR count). The van der Waals surface area contributed by atoms with Gasteiger partial charge in [-0.15, -0.1) is 0 Å². The van der Waals surface area contributed by atoms with Crippen molar-refractivity contribution in [2.45, 2.75) is 39.5 Å². The zero-order chi connectivity index (χ0) is 16.3. The van der Waals surface area contributed by atoms with Gasteiger partial charge in [-0.3, -0.25) is 19.9 Å². The van der Waals surface area contributed by atoms with Gasteiger partial charge in [0.05, 0.1) is 0 Å². The minimum atomic E-state index is -0.310. The van der Waals surface area contributed by atoms with Gasteiger partial charge in [-0.05, 0) is 30.4 Å². The Morgan fingerprint density at radius 1 is 1.27 bits per heavy atom. The third-order valence-corrected chi connectivity index (χ3v) is 3.65. The topological polar surface area (TPSA) is 74.8 Å². The molecule has 0 atom stereocenters. The Bertz CT molecular complexity index is 748. The highest BCUT2D eigenvalue weighted by Crippen LogP contribution is 2.30. The van der Waals surface area contributed by atoms with Crippen molar-refractivity contribution in [3.05, 3.63) is 57.5 Å². The molecule has 5 nitrogen and oxygen atoms in total. The van der Waals surface area contributed by atoms with Gasteiger partial charge in [0, 0.05) is 18.7 Å². The van der Waals surface area contributed by atoms with Gasteiger partial charge in [-0.25, -0.2) is 4.98 Å². The van der Waals surface area contributed by atoms with E-state index >= 15 is 0 Å². The molecular formula is C17H21N3O2. The Balaban J connectivity index is 2.15. The molecule has 0 saturated carbocycles. The van der Waals surface area contributed by atoms with Gasteiger partial charge >= 0.3 is 0 Å². The van der Waals surface area contributed by atoms with Crippen LogP contribution < -0.4 is 10.9 Å². The Morgan fingerprint density at radius 3 is 2.68 bits per heavy atom. The van der Waals surface area contributed by atoms with Crippen molar-refractivity contribution in [2.24, 2.45) is 0 Å². The second-order valence-electron chi connectivity index (χ2n) is 6.21. The van der Waals surface area contributed by atoms with Crippen LogP contribution in [-0.2, 0) is 10.2 Å². The molecule has 116 valence electrons. The molecule has 1 aromatic carbocycles. The minimum Gasteiger partial charge on any atom is -0.296 e. The molecule has 0 spiro atoms. The third-order valence-electron chi connectivity index (χ3n) is 3.65. The summed E-state index contributed by atoms with van der Waals surface area (Å²) in [7, 11) is 0. The Labute approximate surface area is 129 Å². The molecule has 0 fully saturated rings. The zero-order valence-electron chi connectivity index (χ0n) is 13.4. The number of aryl methyl sites for hydroxylation is 2. The molecule has 22 heavy (non-hydrogen) atoms. The van der Waals surface area contributed by atoms with Gasteiger partial charge in [-0.2, -0.15) is 0 Å². The predicted molar refractivity (Wildman–Crippen MR) is 87.0 cm³/mol. The number of hydrogen-bond acceptors (Lipinski definition) is 3. The summed E-state index contributed by atoms with van der Waals surface area (Å²) in [6, 6.07) is 7.55. The van der Waals surface area contributed by atoms with Crippen molar-refractivity contribution < 1.29 is 4.79 Å². The number of benzene rings is 1. The summed E-state index contributed by atoms with van der Waals surface area (Å²) in [6.45, 7) is 8.16. The molecular weight excluding hydrogens is 278 g/mol. The van der Waals surface area contributed by atoms with E-state index in [0.29, 0.717) is 6.42 Å². The van der Waals surface area contributed by atoms with Crippen molar-refractivity contribution in [1.82, 2.24) is 9.97 Å². The second-order valence-corrected chi connectivity index (χ2v) is 6.21. The molecule has 0 radical (unpaired) electrons. The maximum atomic E-state index is 12.2. The largest absolute Gasteiger partial charge is 0.296 e. The van der Waals surface area contributed by atoms with Crippen LogP contribution in [0, 0.1) is 13.8 Å². The molecule has 0 aliphatic heterocycles. The van der Waals surface area contributed by atoms with E-state index in [1.807, 2.05) is 27.7 Å². The lowest BCUT2D eigenvalue weighted by Gasteiger charge is -2.27. The molecule has 2 aromatic rings. The molecule has 0 unspecified atom stereocenters. The number of carbonyl (C=O) groups is 1. The van der Waals surface area contributed by atoms with Crippen molar-refractivity contribution >= 4 is 11.9 Å². The fraction of sp³-hybridized carbons (Fsp3) is 0.353. The minimum absolute atomic E-state index is 0.175. The van der Waals surface area contributed by atoms with Gasteiger partial charge in [-0.1, -0.05) is 37.6 Å². The summed E-state index contributed by atoms with van der Waals surface area (Å²) in [5.74, 6) is -0.00507. The van der Waals surface area contributed by atoms with Crippen molar-refractivity contribution in [3.63, 3.8) is 0 Å². The Kier molecular flexibility index (Phi) is 4.45. The lowest BCUT2D eigenvalue weighted by Crippen LogP contribution is -2.27. The second kappa shape index (κ2) is 6.13. The van der Waals surface area contributed by atoms with Crippen LogP contribution in [0.25, 0.3) is 0 Å². The molecule has 0 aliphatic rings. The smallest absolute Gasteiger partial charge is 0.252 e. The van der Waals surface area contributed by atoms with Crippen molar-refractivity contribution in [1.29, 1.82) is 0 Å². The molecule has 0 saturated heterocycles. The van der Waals surface area contributed by atoms with E-state index in [1.165, 1.54) is 17.8 Å². The number of aromatic amines is 1. The Hall–Kier alpha value is -2.43. The summed E-state index contributed by atoms with van der Waals surface area (Å²) >= 11 is 0. The summed E-state index contributed by atoms with van der Waals surface area (Å²) in [6.07, 6.45) is 1.67. The van der Waals surface area contributed by atoms with E-state index in [4.69, 9.17) is 0 Å². The lowest BCUT2D eigenvalue weighted by atomic mass is 9.78. The summed E-state index contributed by atoms with van der Waals surface area (Å²) in [5, 5.41) is 2.64. The molecule has 0 bridgehead atoms. The zero-order valence-corrected chi connectivity index (χ0v) is 13.4. The molecule has 2 N–H and O–H groups in total. The van der Waals surface area contributed by atoms with Gasteiger partial charge < -0.3 is 0 Å². The highest BCUT2D eigenvalue weighted by Gasteiger charge is 2.26. The van der Waals surface area contributed by atoms with E-state index in [2.05, 4.69) is 33.5 Å². The van der Waals surface area contributed by atoms with Crippen molar-refractivity contribution in [2.75, 3.05) is 5.32 Å². The number of anilines is 1. The maximum absolute atomic E-state index is 12.2. The third kappa shape index (κ3) is 3.81. The molecule has 0 aliphatic carbocycles. The maximum Gasteiger partial charge on any atom is 0.252 e. The average molecular weight is 299 g/mol. The number of carbonyl (C=O) groups excluding carboxylic acids is 1. The summed E-state index contributed by atoms with van der Waals surface area (Å²) in [4.78, 5) is 29.9. The van der Waals surface area contributed by atoms with Crippen LogP contribution in [0.1, 0.15) is 37.0 Å². The molecule has 1 amide bonds. The van der Waals surface area contributed by atoms with E-state index in [1.54, 1.807) is 0 Å². The lowest BCUT2D eigenvalue weighted by molar-refractivity contribution is -0.117. The number of hydrogen-bond donors (Lipinski definition) is 2. The normalized spacial score (nSPS) is 11.3. The van der Waals surface area contributed by atoms with Crippen molar-refractivity contribution in [3.8, 4) is 0 Å². The van der Waals surface area contributed by atoms with Gasteiger partial charge in [0.1, 0.15) is 0 Å². The van der Waals surface area contributed by atoms with Crippen LogP contribution in [0.15, 0.2) is 35.3 Å². The molecule has 1 aromatic heterocycles.